The highest BCUT2D eigenvalue weighted by molar-refractivity contribution is 6.36. The Morgan fingerprint density at radius 2 is 1.94 bits per heavy atom. The van der Waals surface area contributed by atoms with Gasteiger partial charge in [-0.25, -0.2) is 0 Å². The van der Waals surface area contributed by atoms with Crippen LogP contribution in [0.2, 0.25) is 10.0 Å². The van der Waals surface area contributed by atoms with Crippen LogP contribution in [0.4, 0.5) is 5.82 Å². The van der Waals surface area contributed by atoms with Gasteiger partial charge in [-0.05, 0) is 32.3 Å². The van der Waals surface area contributed by atoms with Crippen LogP contribution in [0.3, 0.4) is 0 Å². The smallest absolute Gasteiger partial charge is 0.234 e. The van der Waals surface area contributed by atoms with E-state index < -0.39 is 0 Å². The minimum Gasteiger partial charge on any atom is -0.474 e. The molecule has 0 aliphatic rings. The average Bonchev–Trinajstić information content (AvgIpc) is 2.24. The second-order valence-electron chi connectivity index (χ2n) is 4.69. The standard InChI is InChI=1S/C13H20Cl2N2O/c1-5-16-12-10(14)7-11(15)13(17-12)18-9(4)6-8(2)3/h7-9H,5-6H2,1-4H3,(H,16,17). The molecule has 0 amide bonds. The minimum atomic E-state index is 0.0747. The quantitative estimate of drug-likeness (QED) is 0.829. The van der Waals surface area contributed by atoms with Gasteiger partial charge in [-0.1, -0.05) is 37.0 Å². The van der Waals surface area contributed by atoms with Gasteiger partial charge in [0, 0.05) is 6.54 Å². The highest BCUT2D eigenvalue weighted by Crippen LogP contribution is 2.31. The van der Waals surface area contributed by atoms with E-state index in [-0.39, 0.29) is 6.10 Å². The van der Waals surface area contributed by atoms with E-state index in [0.717, 1.165) is 13.0 Å². The molecule has 1 aromatic rings. The first-order valence-electron chi connectivity index (χ1n) is 6.20. The molecule has 0 saturated carbocycles. The van der Waals surface area contributed by atoms with Crippen molar-refractivity contribution in [2.24, 2.45) is 5.92 Å². The summed E-state index contributed by atoms with van der Waals surface area (Å²) in [4.78, 5) is 4.31. The number of hydrogen-bond donors (Lipinski definition) is 1. The maximum atomic E-state index is 6.08. The lowest BCUT2D eigenvalue weighted by Gasteiger charge is -2.17. The summed E-state index contributed by atoms with van der Waals surface area (Å²) in [6.45, 7) is 9.05. The highest BCUT2D eigenvalue weighted by atomic mass is 35.5. The number of pyridine rings is 1. The molecule has 102 valence electrons. The zero-order valence-corrected chi connectivity index (χ0v) is 12.8. The van der Waals surface area contributed by atoms with E-state index in [4.69, 9.17) is 27.9 Å². The normalized spacial score (nSPS) is 12.6. The Bertz CT molecular complexity index is 397. The van der Waals surface area contributed by atoms with Crippen molar-refractivity contribution >= 4 is 29.0 Å². The van der Waals surface area contributed by atoms with Gasteiger partial charge in [-0.2, -0.15) is 4.98 Å². The summed E-state index contributed by atoms with van der Waals surface area (Å²) in [5, 5.41) is 4.02. The Morgan fingerprint density at radius 3 is 2.50 bits per heavy atom. The molecule has 1 aromatic heterocycles. The van der Waals surface area contributed by atoms with Gasteiger partial charge in [-0.15, -0.1) is 0 Å². The zero-order valence-electron chi connectivity index (χ0n) is 11.3. The van der Waals surface area contributed by atoms with Crippen molar-refractivity contribution in [3.8, 4) is 5.88 Å². The molecule has 0 aliphatic carbocycles. The molecule has 1 heterocycles. The summed E-state index contributed by atoms with van der Waals surface area (Å²) in [7, 11) is 0. The molecule has 18 heavy (non-hydrogen) atoms. The van der Waals surface area contributed by atoms with Crippen molar-refractivity contribution in [1.82, 2.24) is 4.98 Å². The van der Waals surface area contributed by atoms with Gasteiger partial charge < -0.3 is 10.1 Å². The van der Waals surface area contributed by atoms with Gasteiger partial charge in [0.2, 0.25) is 5.88 Å². The van der Waals surface area contributed by atoms with Gasteiger partial charge >= 0.3 is 0 Å². The molecule has 5 heteroatoms. The number of nitrogens with zero attached hydrogens (tertiary/aromatic N) is 1. The summed E-state index contributed by atoms with van der Waals surface area (Å²) < 4.78 is 5.76. The molecule has 1 N–H and O–H groups in total. The fourth-order valence-corrected chi connectivity index (χ4v) is 2.20. The van der Waals surface area contributed by atoms with Gasteiger partial charge in [0.05, 0.1) is 11.1 Å². The molecule has 0 spiro atoms. The predicted molar refractivity (Wildman–Crippen MR) is 78.0 cm³/mol. The van der Waals surface area contributed by atoms with Crippen molar-refractivity contribution in [1.29, 1.82) is 0 Å². The van der Waals surface area contributed by atoms with Crippen molar-refractivity contribution in [3.05, 3.63) is 16.1 Å². The first kappa shape index (κ1) is 15.4. The number of nitrogens with one attached hydrogen (secondary N) is 1. The van der Waals surface area contributed by atoms with Crippen LogP contribution < -0.4 is 10.1 Å². The number of hydrogen-bond acceptors (Lipinski definition) is 3. The van der Waals surface area contributed by atoms with E-state index in [2.05, 4.69) is 24.1 Å². The molecule has 1 rings (SSSR count). The van der Waals surface area contributed by atoms with Crippen LogP contribution in [-0.4, -0.2) is 17.6 Å². The van der Waals surface area contributed by atoms with E-state index in [1.54, 1.807) is 6.07 Å². The van der Waals surface area contributed by atoms with E-state index in [1.165, 1.54) is 0 Å². The number of ether oxygens (including phenoxy) is 1. The second-order valence-corrected chi connectivity index (χ2v) is 5.51. The molecule has 0 radical (unpaired) electrons. The Kier molecular flexibility index (Phi) is 6.03. The summed E-state index contributed by atoms with van der Waals surface area (Å²) in [5.41, 5.74) is 0. The predicted octanol–water partition coefficient (Wildman–Crippen LogP) is 4.63. The molecule has 0 aromatic carbocycles. The first-order chi connectivity index (χ1) is 8.43. The Balaban J connectivity index is 2.84. The van der Waals surface area contributed by atoms with Crippen LogP contribution in [0.1, 0.15) is 34.1 Å². The first-order valence-corrected chi connectivity index (χ1v) is 6.96. The van der Waals surface area contributed by atoms with E-state index in [9.17, 15) is 0 Å². The molecule has 1 unspecified atom stereocenters. The monoisotopic (exact) mass is 290 g/mol. The Hall–Kier alpha value is -0.670. The number of anilines is 1. The van der Waals surface area contributed by atoms with Gasteiger partial charge in [0.1, 0.15) is 10.8 Å². The van der Waals surface area contributed by atoms with E-state index in [1.807, 2.05) is 13.8 Å². The third-order valence-electron chi connectivity index (χ3n) is 2.36. The molecule has 0 aliphatic heterocycles. The van der Waals surface area contributed by atoms with Crippen molar-refractivity contribution < 1.29 is 4.74 Å². The second kappa shape index (κ2) is 7.05. The number of aromatic nitrogens is 1. The van der Waals surface area contributed by atoms with E-state index >= 15 is 0 Å². The maximum absolute atomic E-state index is 6.08. The Morgan fingerprint density at radius 1 is 1.28 bits per heavy atom. The molecule has 0 fully saturated rings. The third kappa shape index (κ3) is 4.54. The average molecular weight is 291 g/mol. The van der Waals surface area contributed by atoms with Crippen molar-refractivity contribution in [3.63, 3.8) is 0 Å². The summed E-state index contributed by atoms with van der Waals surface area (Å²) in [6.07, 6.45) is 1.03. The summed E-state index contributed by atoms with van der Waals surface area (Å²) >= 11 is 12.1. The lowest BCUT2D eigenvalue weighted by atomic mass is 10.1. The van der Waals surface area contributed by atoms with Gasteiger partial charge in [-0.3, -0.25) is 0 Å². The lowest BCUT2D eigenvalue weighted by Crippen LogP contribution is -2.16. The lowest BCUT2D eigenvalue weighted by molar-refractivity contribution is 0.186. The van der Waals surface area contributed by atoms with Crippen molar-refractivity contribution in [2.75, 3.05) is 11.9 Å². The molecular weight excluding hydrogens is 271 g/mol. The molecule has 0 saturated heterocycles. The number of halogens is 2. The summed E-state index contributed by atoms with van der Waals surface area (Å²) in [6, 6.07) is 1.66. The van der Waals surface area contributed by atoms with Crippen LogP contribution in [0.15, 0.2) is 6.07 Å². The maximum Gasteiger partial charge on any atom is 0.234 e. The number of rotatable bonds is 6. The van der Waals surface area contributed by atoms with E-state index in [0.29, 0.717) is 27.7 Å². The topological polar surface area (TPSA) is 34.2 Å². The summed E-state index contributed by atoms with van der Waals surface area (Å²) in [5.74, 6) is 1.61. The van der Waals surface area contributed by atoms with Gasteiger partial charge in [0.15, 0.2) is 0 Å². The zero-order chi connectivity index (χ0) is 13.7. The molecule has 3 nitrogen and oxygen atoms in total. The SMILES string of the molecule is CCNc1nc(OC(C)CC(C)C)c(Cl)cc1Cl. The van der Waals surface area contributed by atoms with Crippen LogP contribution in [0.25, 0.3) is 0 Å². The van der Waals surface area contributed by atoms with Gasteiger partial charge in [0.25, 0.3) is 0 Å². The fraction of sp³-hybridized carbons (Fsp3) is 0.615. The van der Waals surface area contributed by atoms with Crippen molar-refractivity contribution in [2.45, 2.75) is 40.2 Å². The van der Waals surface area contributed by atoms with Crippen LogP contribution in [-0.2, 0) is 0 Å². The largest absolute Gasteiger partial charge is 0.474 e. The Labute approximate surface area is 119 Å². The van der Waals surface area contributed by atoms with Crippen LogP contribution in [0, 0.1) is 5.92 Å². The fourth-order valence-electron chi connectivity index (χ4n) is 1.73. The molecule has 0 bridgehead atoms. The van der Waals surface area contributed by atoms with Crippen LogP contribution >= 0.6 is 23.2 Å². The molecule has 1 atom stereocenters. The molecular formula is C13H20Cl2N2O. The minimum absolute atomic E-state index is 0.0747. The van der Waals surface area contributed by atoms with Crippen LogP contribution in [0.5, 0.6) is 5.88 Å². The third-order valence-corrected chi connectivity index (χ3v) is 2.92. The highest BCUT2D eigenvalue weighted by Gasteiger charge is 2.13.